The zero-order valence-electron chi connectivity index (χ0n) is 18.0. The monoisotopic (exact) mass is 451 g/mol. The molecule has 0 aliphatic rings. The highest BCUT2D eigenvalue weighted by Gasteiger charge is 2.24. The van der Waals surface area contributed by atoms with Crippen LogP contribution in [0.2, 0.25) is 0 Å². The number of hydrogen-bond donors (Lipinski definition) is 0. The molecule has 3 rings (SSSR count). The molecule has 0 N–H and O–H groups in total. The number of ether oxygens (including phenoxy) is 1. The Hall–Kier alpha value is -2.16. The largest absolute Gasteiger partial charge is 0.494 e. The molecule has 0 bridgehead atoms. The Morgan fingerprint density at radius 3 is 2.57 bits per heavy atom. The van der Waals surface area contributed by atoms with Gasteiger partial charge in [-0.2, -0.15) is 5.10 Å². The van der Waals surface area contributed by atoms with Crippen molar-refractivity contribution in [1.82, 2.24) is 19.7 Å². The average Bonchev–Trinajstić information content (AvgIpc) is 3.37. The lowest BCUT2D eigenvalue weighted by atomic mass is 10.3. The van der Waals surface area contributed by atoms with Crippen molar-refractivity contribution in [2.24, 2.45) is 0 Å². The highest BCUT2D eigenvalue weighted by atomic mass is 35.5. The molecule has 0 saturated heterocycles. The minimum Gasteiger partial charge on any atom is -0.494 e. The lowest BCUT2D eigenvalue weighted by Gasteiger charge is -2.24. The molecule has 0 radical (unpaired) electrons. The van der Waals surface area contributed by atoms with Crippen LogP contribution in [0, 0.1) is 0 Å². The van der Waals surface area contributed by atoms with E-state index < -0.39 is 0 Å². The van der Waals surface area contributed by atoms with Crippen LogP contribution >= 0.6 is 23.7 Å². The molecule has 0 aliphatic heterocycles. The summed E-state index contributed by atoms with van der Waals surface area (Å²) in [5.41, 5.74) is 1.46. The maximum Gasteiger partial charge on any atom is 0.278 e. The zero-order chi connectivity index (χ0) is 20.8. The number of fused-ring (bicyclic) bond motifs is 1. The standard InChI is InChI=1S/C21H29N5O2S.ClH/c1-5-24(6-2)13-14-25(20(27)18-11-12-22-26(18)7-3)21-23-17-10-9-16(28-8-4)15-19(17)29-21;/h9-12,15H,5-8,13-14H2,1-4H3;1H. The third kappa shape index (κ3) is 5.30. The summed E-state index contributed by atoms with van der Waals surface area (Å²) >= 11 is 1.52. The number of benzene rings is 1. The van der Waals surface area contributed by atoms with Crippen molar-refractivity contribution < 1.29 is 9.53 Å². The number of carbonyl (C=O) groups is 1. The van der Waals surface area contributed by atoms with Crippen molar-refractivity contribution >= 4 is 45.0 Å². The van der Waals surface area contributed by atoms with Gasteiger partial charge in [0.15, 0.2) is 5.13 Å². The van der Waals surface area contributed by atoms with Gasteiger partial charge in [0.25, 0.3) is 5.91 Å². The van der Waals surface area contributed by atoms with Crippen LogP contribution in [0.4, 0.5) is 5.13 Å². The second kappa shape index (κ2) is 11.3. The van der Waals surface area contributed by atoms with E-state index in [0.717, 1.165) is 35.6 Å². The van der Waals surface area contributed by atoms with Gasteiger partial charge < -0.3 is 9.64 Å². The van der Waals surface area contributed by atoms with Crippen LogP contribution in [0.25, 0.3) is 10.2 Å². The normalized spacial score (nSPS) is 11.0. The molecule has 164 valence electrons. The van der Waals surface area contributed by atoms with Gasteiger partial charge >= 0.3 is 0 Å². The van der Waals surface area contributed by atoms with E-state index in [1.165, 1.54) is 11.3 Å². The number of aryl methyl sites for hydroxylation is 1. The van der Waals surface area contributed by atoms with Crippen molar-refractivity contribution in [3.05, 3.63) is 36.2 Å². The van der Waals surface area contributed by atoms with E-state index in [-0.39, 0.29) is 18.3 Å². The predicted molar refractivity (Wildman–Crippen MR) is 125 cm³/mol. The van der Waals surface area contributed by atoms with Gasteiger partial charge in [-0.15, -0.1) is 12.4 Å². The van der Waals surface area contributed by atoms with E-state index in [9.17, 15) is 4.79 Å². The van der Waals surface area contributed by atoms with Crippen LogP contribution in [0.3, 0.4) is 0 Å². The number of aromatic nitrogens is 3. The zero-order valence-corrected chi connectivity index (χ0v) is 19.6. The minimum atomic E-state index is -0.0689. The van der Waals surface area contributed by atoms with E-state index in [0.29, 0.717) is 30.5 Å². The Morgan fingerprint density at radius 2 is 1.90 bits per heavy atom. The molecule has 9 heteroatoms. The SMILES string of the molecule is CCOc1ccc2nc(N(CCN(CC)CC)C(=O)c3ccnn3CC)sc2c1.Cl. The molecule has 0 spiro atoms. The summed E-state index contributed by atoms with van der Waals surface area (Å²) in [6.45, 7) is 12.7. The van der Waals surface area contributed by atoms with Gasteiger partial charge in [0.1, 0.15) is 11.4 Å². The van der Waals surface area contributed by atoms with Crippen molar-refractivity contribution in [2.45, 2.75) is 34.2 Å². The first-order valence-electron chi connectivity index (χ1n) is 10.2. The van der Waals surface area contributed by atoms with Crippen molar-refractivity contribution in [3.8, 4) is 5.75 Å². The van der Waals surface area contributed by atoms with E-state index in [4.69, 9.17) is 9.72 Å². The van der Waals surface area contributed by atoms with Gasteiger partial charge in [-0.25, -0.2) is 4.98 Å². The maximum atomic E-state index is 13.4. The van der Waals surface area contributed by atoms with Crippen LogP contribution in [-0.4, -0.2) is 58.4 Å². The number of thiazole rings is 1. The van der Waals surface area contributed by atoms with Crippen LogP contribution in [-0.2, 0) is 6.54 Å². The van der Waals surface area contributed by atoms with Gasteiger partial charge in [-0.05, 0) is 51.2 Å². The molecule has 0 atom stereocenters. The van der Waals surface area contributed by atoms with Gasteiger partial charge in [0.2, 0.25) is 0 Å². The summed E-state index contributed by atoms with van der Waals surface area (Å²) in [7, 11) is 0. The number of hydrogen-bond acceptors (Lipinski definition) is 6. The summed E-state index contributed by atoms with van der Waals surface area (Å²) in [5, 5.41) is 4.96. The van der Waals surface area contributed by atoms with Crippen molar-refractivity contribution in [3.63, 3.8) is 0 Å². The van der Waals surface area contributed by atoms with Crippen LogP contribution in [0.1, 0.15) is 38.2 Å². The van der Waals surface area contributed by atoms with Crippen molar-refractivity contribution in [2.75, 3.05) is 37.7 Å². The van der Waals surface area contributed by atoms with Crippen LogP contribution < -0.4 is 9.64 Å². The van der Waals surface area contributed by atoms with Gasteiger partial charge in [-0.3, -0.25) is 14.4 Å². The molecule has 0 saturated carbocycles. The van der Waals surface area contributed by atoms with Gasteiger partial charge in [-0.1, -0.05) is 25.2 Å². The number of halogens is 1. The third-order valence-electron chi connectivity index (χ3n) is 4.91. The quantitative estimate of drug-likeness (QED) is 0.459. The Bertz CT molecular complexity index is 954. The average molecular weight is 452 g/mol. The molecular formula is C21H30ClN5O2S. The smallest absolute Gasteiger partial charge is 0.278 e. The molecule has 30 heavy (non-hydrogen) atoms. The molecule has 1 aromatic carbocycles. The lowest BCUT2D eigenvalue weighted by Crippen LogP contribution is -2.39. The third-order valence-corrected chi connectivity index (χ3v) is 5.95. The number of likely N-dealkylation sites (N-methyl/N-ethyl adjacent to an activating group) is 1. The highest BCUT2D eigenvalue weighted by molar-refractivity contribution is 7.22. The molecule has 0 fully saturated rings. The van der Waals surface area contributed by atoms with Gasteiger partial charge in [0, 0.05) is 25.8 Å². The molecule has 3 aromatic rings. The Labute approximate surface area is 188 Å². The van der Waals surface area contributed by atoms with Crippen LogP contribution in [0.5, 0.6) is 5.75 Å². The number of carbonyl (C=O) groups excluding carboxylic acids is 1. The van der Waals surface area contributed by atoms with Crippen molar-refractivity contribution in [1.29, 1.82) is 0 Å². The first-order chi connectivity index (χ1) is 14.1. The number of nitrogens with zero attached hydrogens (tertiary/aromatic N) is 5. The fourth-order valence-electron chi connectivity index (χ4n) is 3.23. The van der Waals surface area contributed by atoms with E-state index in [1.807, 2.05) is 32.0 Å². The molecule has 7 nitrogen and oxygen atoms in total. The van der Waals surface area contributed by atoms with E-state index in [1.54, 1.807) is 21.8 Å². The Morgan fingerprint density at radius 1 is 1.13 bits per heavy atom. The highest BCUT2D eigenvalue weighted by Crippen LogP contribution is 2.32. The first-order valence-corrected chi connectivity index (χ1v) is 11.0. The second-order valence-corrected chi connectivity index (χ2v) is 7.58. The van der Waals surface area contributed by atoms with Crippen LogP contribution in [0.15, 0.2) is 30.5 Å². The Kier molecular flexibility index (Phi) is 9.08. The molecular weight excluding hydrogens is 422 g/mol. The summed E-state index contributed by atoms with van der Waals surface area (Å²) in [6.07, 6.45) is 1.67. The molecule has 2 heterocycles. The molecule has 0 aliphatic carbocycles. The van der Waals surface area contributed by atoms with E-state index >= 15 is 0 Å². The topological polar surface area (TPSA) is 63.5 Å². The number of anilines is 1. The number of amides is 1. The summed E-state index contributed by atoms with van der Waals surface area (Å²) in [6, 6.07) is 7.63. The summed E-state index contributed by atoms with van der Waals surface area (Å²) in [5.74, 6) is 0.751. The minimum absolute atomic E-state index is 0. The maximum absolute atomic E-state index is 13.4. The van der Waals surface area contributed by atoms with Gasteiger partial charge in [0.05, 0.1) is 16.8 Å². The fourth-order valence-corrected chi connectivity index (χ4v) is 4.25. The van der Waals surface area contributed by atoms with E-state index in [2.05, 4.69) is 23.8 Å². The number of rotatable bonds is 10. The Balaban J connectivity index is 0.00000320. The summed E-state index contributed by atoms with van der Waals surface area (Å²) < 4.78 is 8.35. The second-order valence-electron chi connectivity index (χ2n) is 6.57. The molecule has 1 amide bonds. The fraction of sp³-hybridized carbons (Fsp3) is 0.476. The summed E-state index contributed by atoms with van der Waals surface area (Å²) in [4.78, 5) is 22.2. The lowest BCUT2D eigenvalue weighted by molar-refractivity contribution is 0.0973. The predicted octanol–water partition coefficient (Wildman–Crippen LogP) is 4.32. The molecule has 0 unspecified atom stereocenters. The first kappa shape index (κ1) is 24.1. The molecule has 2 aromatic heterocycles.